The maximum Gasteiger partial charge on any atom is 0.267 e. The van der Waals surface area contributed by atoms with E-state index >= 15 is 0 Å². The molecule has 0 bridgehead atoms. The van der Waals surface area contributed by atoms with Crippen LogP contribution in [-0.4, -0.2) is 15.3 Å². The largest absolute Gasteiger partial charge is 0.505 e. The second-order valence-electron chi connectivity index (χ2n) is 2.88. The molecule has 0 aromatic carbocycles. The molecule has 2 aromatic rings. The molecule has 2 aromatic heterocycles. The zero-order valence-corrected chi connectivity index (χ0v) is 8.26. The average molecular weight is 208 g/mol. The smallest absolute Gasteiger partial charge is 0.267 e. The van der Waals surface area contributed by atoms with E-state index in [9.17, 15) is 9.90 Å². The van der Waals surface area contributed by atoms with E-state index in [1.165, 1.54) is 11.3 Å². The average Bonchev–Trinajstić information content (AvgIpc) is 2.51. The summed E-state index contributed by atoms with van der Waals surface area (Å²) in [7, 11) is 0. The number of H-pyrrole nitrogens is 1. The highest BCUT2D eigenvalue weighted by molar-refractivity contribution is 7.15. The lowest BCUT2D eigenvalue weighted by molar-refractivity contribution is 0.472. The Bertz CT molecular complexity index is 516. The van der Waals surface area contributed by atoms with Gasteiger partial charge in [0.1, 0.15) is 11.4 Å². The van der Waals surface area contributed by atoms with E-state index in [1.54, 1.807) is 0 Å². The molecule has 0 spiro atoms. The number of hydrogen-bond donors (Lipinski definition) is 2. The predicted octanol–water partition coefficient (Wildman–Crippen LogP) is 1.51. The molecule has 2 heterocycles. The van der Waals surface area contributed by atoms with E-state index < -0.39 is 5.56 Å². The molecule has 0 atom stereocenters. The molecule has 0 aliphatic carbocycles. The van der Waals surface area contributed by atoms with E-state index in [-0.39, 0.29) is 5.75 Å². The monoisotopic (exact) mass is 208 g/mol. The predicted molar refractivity (Wildman–Crippen MR) is 54.6 cm³/mol. The van der Waals surface area contributed by atoms with Gasteiger partial charge >= 0.3 is 0 Å². The molecule has 2 N–H and O–H groups in total. The zero-order valence-electron chi connectivity index (χ0n) is 7.44. The fourth-order valence-electron chi connectivity index (χ4n) is 1.14. The number of nitrogens with one attached hydrogen (secondary N) is 1. The Morgan fingerprint density at radius 1 is 1.50 bits per heavy atom. The summed E-state index contributed by atoms with van der Waals surface area (Å²) in [6.45, 7) is 1.97. The number of aryl methyl sites for hydroxylation is 1. The van der Waals surface area contributed by atoms with Crippen molar-refractivity contribution in [1.82, 2.24) is 10.2 Å². The Labute approximate surface area is 83.9 Å². The van der Waals surface area contributed by atoms with Gasteiger partial charge in [-0.25, -0.2) is 5.10 Å². The molecule has 0 unspecified atom stereocenters. The molecular weight excluding hydrogens is 200 g/mol. The van der Waals surface area contributed by atoms with Gasteiger partial charge in [0.25, 0.3) is 5.56 Å². The number of hydrogen-bond acceptors (Lipinski definition) is 4. The number of aromatic amines is 1. The Morgan fingerprint density at radius 3 is 2.86 bits per heavy atom. The van der Waals surface area contributed by atoms with Crippen LogP contribution in [0.5, 0.6) is 5.75 Å². The molecule has 0 saturated carbocycles. The highest BCUT2D eigenvalue weighted by Crippen LogP contribution is 2.30. The number of aromatic hydroxyl groups is 1. The topological polar surface area (TPSA) is 66.0 Å². The molecular formula is C9H8N2O2S. The SMILES string of the molecule is Cc1ccc(-c2n[nH]c(=O)cc2O)s1. The van der Waals surface area contributed by atoms with E-state index in [2.05, 4.69) is 10.2 Å². The van der Waals surface area contributed by atoms with Gasteiger partial charge in [0.05, 0.1) is 4.88 Å². The standard InChI is InChI=1S/C9H8N2O2S/c1-5-2-3-7(14-5)9-6(12)4-8(13)10-11-9/h2-4H,1H3,(H2,10,12,13). The van der Waals surface area contributed by atoms with Crippen LogP contribution in [0.1, 0.15) is 4.88 Å². The van der Waals surface area contributed by atoms with Crippen molar-refractivity contribution in [2.75, 3.05) is 0 Å². The Hall–Kier alpha value is -1.62. The number of rotatable bonds is 1. The summed E-state index contributed by atoms with van der Waals surface area (Å²) >= 11 is 1.52. The maximum atomic E-state index is 10.8. The van der Waals surface area contributed by atoms with Gasteiger partial charge in [-0.2, -0.15) is 5.10 Å². The van der Waals surface area contributed by atoms with Crippen LogP contribution in [0.3, 0.4) is 0 Å². The summed E-state index contributed by atoms with van der Waals surface area (Å²) in [5, 5.41) is 15.6. The molecule has 72 valence electrons. The third kappa shape index (κ3) is 1.54. The Morgan fingerprint density at radius 2 is 2.29 bits per heavy atom. The van der Waals surface area contributed by atoms with Crippen LogP contribution < -0.4 is 5.56 Å². The second-order valence-corrected chi connectivity index (χ2v) is 4.16. The quantitative estimate of drug-likeness (QED) is 0.746. The second kappa shape index (κ2) is 3.26. The summed E-state index contributed by atoms with van der Waals surface area (Å²) in [6, 6.07) is 4.92. The summed E-state index contributed by atoms with van der Waals surface area (Å²) in [6.07, 6.45) is 0. The first kappa shape index (κ1) is 8.96. The number of aromatic nitrogens is 2. The molecule has 0 amide bonds. The van der Waals surface area contributed by atoms with Crippen molar-refractivity contribution in [3.8, 4) is 16.3 Å². The third-order valence-corrected chi connectivity index (χ3v) is 2.77. The molecule has 0 aliphatic rings. The van der Waals surface area contributed by atoms with Crippen LogP contribution >= 0.6 is 11.3 Å². The first-order valence-corrected chi connectivity index (χ1v) is 4.84. The van der Waals surface area contributed by atoms with Crippen molar-refractivity contribution >= 4 is 11.3 Å². The molecule has 0 saturated heterocycles. The minimum atomic E-state index is -0.403. The van der Waals surface area contributed by atoms with E-state index in [1.807, 2.05) is 19.1 Å². The number of thiophene rings is 1. The molecule has 2 rings (SSSR count). The van der Waals surface area contributed by atoms with Gasteiger partial charge in [0.2, 0.25) is 0 Å². The Balaban J connectivity index is 2.57. The van der Waals surface area contributed by atoms with Crippen molar-refractivity contribution in [2.24, 2.45) is 0 Å². The van der Waals surface area contributed by atoms with E-state index in [4.69, 9.17) is 0 Å². The number of nitrogens with zero attached hydrogens (tertiary/aromatic N) is 1. The first-order valence-electron chi connectivity index (χ1n) is 4.02. The minimum absolute atomic E-state index is 0.0874. The van der Waals surface area contributed by atoms with Gasteiger partial charge < -0.3 is 5.11 Å². The highest BCUT2D eigenvalue weighted by atomic mass is 32.1. The lowest BCUT2D eigenvalue weighted by atomic mass is 10.3. The van der Waals surface area contributed by atoms with Crippen LogP contribution in [0.25, 0.3) is 10.6 Å². The van der Waals surface area contributed by atoms with Gasteiger partial charge in [-0.05, 0) is 19.1 Å². The summed E-state index contributed by atoms with van der Waals surface area (Å²) in [4.78, 5) is 12.8. The van der Waals surface area contributed by atoms with Gasteiger partial charge in [-0.15, -0.1) is 11.3 Å². The summed E-state index contributed by atoms with van der Waals surface area (Å²) in [5.41, 5.74) is 0.0160. The van der Waals surface area contributed by atoms with Crippen molar-refractivity contribution < 1.29 is 5.11 Å². The fourth-order valence-corrected chi connectivity index (χ4v) is 2.00. The lowest BCUT2D eigenvalue weighted by Crippen LogP contribution is -2.05. The van der Waals surface area contributed by atoms with Gasteiger partial charge in [0, 0.05) is 10.9 Å². The molecule has 14 heavy (non-hydrogen) atoms. The van der Waals surface area contributed by atoms with Crippen molar-refractivity contribution in [2.45, 2.75) is 6.92 Å². The molecule has 5 heteroatoms. The molecule has 4 nitrogen and oxygen atoms in total. The fraction of sp³-hybridized carbons (Fsp3) is 0.111. The minimum Gasteiger partial charge on any atom is -0.505 e. The first-order chi connectivity index (χ1) is 6.66. The van der Waals surface area contributed by atoms with Crippen molar-refractivity contribution in [3.05, 3.63) is 33.4 Å². The van der Waals surface area contributed by atoms with Crippen molar-refractivity contribution in [1.29, 1.82) is 0 Å². The normalized spacial score (nSPS) is 10.4. The van der Waals surface area contributed by atoms with Gasteiger partial charge in [-0.3, -0.25) is 4.79 Å². The van der Waals surface area contributed by atoms with E-state index in [0.29, 0.717) is 5.69 Å². The summed E-state index contributed by atoms with van der Waals surface area (Å²) in [5.74, 6) is -0.0874. The zero-order chi connectivity index (χ0) is 10.1. The third-order valence-electron chi connectivity index (χ3n) is 1.76. The van der Waals surface area contributed by atoms with Gasteiger partial charge in [0.15, 0.2) is 0 Å². The molecule has 0 fully saturated rings. The summed E-state index contributed by atoms with van der Waals surface area (Å²) < 4.78 is 0. The van der Waals surface area contributed by atoms with Crippen LogP contribution in [0.4, 0.5) is 0 Å². The van der Waals surface area contributed by atoms with E-state index in [0.717, 1.165) is 15.8 Å². The maximum absolute atomic E-state index is 10.8. The highest BCUT2D eigenvalue weighted by Gasteiger charge is 2.08. The molecule has 0 radical (unpaired) electrons. The van der Waals surface area contributed by atoms with Crippen molar-refractivity contribution in [3.63, 3.8) is 0 Å². The van der Waals surface area contributed by atoms with Crippen LogP contribution in [0.15, 0.2) is 23.0 Å². The van der Waals surface area contributed by atoms with Crippen LogP contribution in [0, 0.1) is 6.92 Å². The van der Waals surface area contributed by atoms with Crippen LogP contribution in [0.2, 0.25) is 0 Å². The molecule has 0 aliphatic heterocycles. The lowest BCUT2D eigenvalue weighted by Gasteiger charge is -1.97. The Kier molecular flexibility index (Phi) is 2.09. The van der Waals surface area contributed by atoms with Gasteiger partial charge in [-0.1, -0.05) is 0 Å². The van der Waals surface area contributed by atoms with Crippen LogP contribution in [-0.2, 0) is 0 Å².